The summed E-state index contributed by atoms with van der Waals surface area (Å²) in [4.78, 5) is 53.1. The number of carboxylic acid groups (broad SMARTS) is 1. The standard InChI is InChI=1S/C42H50Cl2N8O4/c1-41(2,40(55)56)24-52-19-14-33-31(23-52)46-37(50(33)4)39(54)48-29-10-6-8-27(35(29)44)26-7-5-9-28(34(26)43)47-38(53)36-45-30-22-51(18-13-32(30)49(36)3)20-17-42-15-11-25(21-42)12-16-42/h5-10,25H,11-24H2,1-4H3,(H,47,53)(H,48,54)(H,55,56). The molecule has 4 aromatic rings. The Hall–Kier alpha value is -4.23. The van der Waals surface area contributed by atoms with E-state index in [0.29, 0.717) is 64.8 Å². The Morgan fingerprint density at radius 3 is 1.80 bits per heavy atom. The predicted octanol–water partition coefficient (Wildman–Crippen LogP) is 7.43. The maximum atomic E-state index is 13.7. The van der Waals surface area contributed by atoms with Gasteiger partial charge in [0.05, 0.1) is 38.2 Å². The topological polar surface area (TPSA) is 138 Å². The van der Waals surface area contributed by atoms with Crippen molar-refractivity contribution in [1.82, 2.24) is 28.9 Å². The quantitative estimate of drug-likeness (QED) is 0.143. The summed E-state index contributed by atoms with van der Waals surface area (Å²) >= 11 is 13.9. The Kier molecular flexibility index (Phi) is 10.3. The van der Waals surface area contributed by atoms with Crippen molar-refractivity contribution in [3.8, 4) is 11.1 Å². The van der Waals surface area contributed by atoms with Gasteiger partial charge in [-0.05, 0) is 82.4 Å². The monoisotopic (exact) mass is 800 g/mol. The molecule has 8 rings (SSSR count). The van der Waals surface area contributed by atoms with E-state index in [9.17, 15) is 19.5 Å². The second-order valence-corrected chi connectivity index (χ2v) is 17.8. The van der Waals surface area contributed by atoms with Crippen LogP contribution in [0, 0.1) is 16.7 Å². The maximum absolute atomic E-state index is 13.7. The molecule has 4 aliphatic rings. The molecule has 56 heavy (non-hydrogen) atoms. The van der Waals surface area contributed by atoms with Crippen LogP contribution in [0.2, 0.25) is 10.0 Å². The molecule has 0 spiro atoms. The molecule has 2 aromatic carbocycles. The molecule has 2 bridgehead atoms. The molecule has 14 heteroatoms. The number of halogens is 2. The minimum absolute atomic E-state index is 0.234. The van der Waals surface area contributed by atoms with Crippen molar-refractivity contribution in [2.45, 2.75) is 78.3 Å². The summed E-state index contributed by atoms with van der Waals surface area (Å²) < 4.78 is 3.70. The molecule has 0 saturated heterocycles. The summed E-state index contributed by atoms with van der Waals surface area (Å²) in [6.45, 7) is 7.72. The van der Waals surface area contributed by atoms with Crippen molar-refractivity contribution in [3.05, 3.63) is 80.9 Å². The summed E-state index contributed by atoms with van der Waals surface area (Å²) in [6.07, 6.45) is 9.75. The minimum Gasteiger partial charge on any atom is -0.481 e. The zero-order valence-corrected chi connectivity index (χ0v) is 34.1. The van der Waals surface area contributed by atoms with Gasteiger partial charge in [-0.25, -0.2) is 9.97 Å². The molecule has 296 valence electrons. The Balaban J connectivity index is 0.944. The van der Waals surface area contributed by atoms with E-state index in [1.54, 1.807) is 42.7 Å². The Labute approximate surface area is 337 Å². The second-order valence-electron chi connectivity index (χ2n) is 17.1. The van der Waals surface area contributed by atoms with Gasteiger partial charge >= 0.3 is 5.97 Å². The zero-order chi connectivity index (χ0) is 39.5. The number of nitrogens with zero attached hydrogens (tertiary/aromatic N) is 6. The number of nitrogens with one attached hydrogen (secondary N) is 2. The van der Waals surface area contributed by atoms with Gasteiger partial charge in [0.15, 0.2) is 11.6 Å². The summed E-state index contributed by atoms with van der Waals surface area (Å²) in [5, 5.41) is 16.1. The van der Waals surface area contributed by atoms with Crippen LogP contribution in [0.5, 0.6) is 0 Å². The van der Waals surface area contributed by atoms with Crippen molar-refractivity contribution in [3.63, 3.8) is 0 Å². The number of carbonyl (C=O) groups is 3. The molecule has 2 saturated carbocycles. The Morgan fingerprint density at radius 2 is 1.32 bits per heavy atom. The third-order valence-corrected chi connectivity index (χ3v) is 13.7. The van der Waals surface area contributed by atoms with Crippen molar-refractivity contribution in [1.29, 1.82) is 0 Å². The molecule has 2 aliphatic heterocycles. The second kappa shape index (κ2) is 14.9. The fraction of sp³-hybridized carbons (Fsp3) is 0.500. The largest absolute Gasteiger partial charge is 0.481 e. The first-order chi connectivity index (χ1) is 26.7. The molecule has 4 heterocycles. The fourth-order valence-corrected chi connectivity index (χ4v) is 10.2. The highest BCUT2D eigenvalue weighted by molar-refractivity contribution is 6.40. The molecule has 2 fully saturated rings. The Morgan fingerprint density at radius 1 is 0.821 bits per heavy atom. The van der Waals surface area contributed by atoms with E-state index in [1.807, 2.05) is 30.8 Å². The van der Waals surface area contributed by atoms with Crippen molar-refractivity contribution in [2.24, 2.45) is 30.8 Å². The fourth-order valence-electron chi connectivity index (χ4n) is 9.61. The number of anilines is 2. The SMILES string of the molecule is Cn1c(C(=O)Nc2cccc(-c3cccc(NC(=O)c4nc5c(n4C)CCN(CC(C)(C)C(=O)O)C5)c3Cl)c2Cl)nc2c1CCN(CCC13CCC(CC1)C3)C2. The van der Waals surface area contributed by atoms with Crippen LogP contribution in [0.15, 0.2) is 36.4 Å². The number of carboxylic acids is 1. The van der Waals surface area contributed by atoms with Crippen LogP contribution in [-0.2, 0) is 44.8 Å². The first-order valence-electron chi connectivity index (χ1n) is 19.7. The lowest BCUT2D eigenvalue weighted by atomic mass is 9.81. The molecule has 12 nitrogen and oxygen atoms in total. The molecule has 2 amide bonds. The van der Waals surface area contributed by atoms with Crippen LogP contribution in [0.1, 0.15) is 96.4 Å². The van der Waals surface area contributed by atoms with Gasteiger partial charge in [-0.3, -0.25) is 24.2 Å². The van der Waals surface area contributed by atoms with Crippen LogP contribution >= 0.6 is 23.2 Å². The van der Waals surface area contributed by atoms with Gasteiger partial charge in [-0.2, -0.15) is 0 Å². The number of carbonyl (C=O) groups excluding carboxylic acids is 2. The van der Waals surface area contributed by atoms with E-state index in [-0.39, 0.29) is 16.8 Å². The number of aliphatic carboxylic acids is 1. The average Bonchev–Trinajstić information content (AvgIpc) is 3.94. The highest BCUT2D eigenvalue weighted by Gasteiger charge is 2.44. The molecule has 0 radical (unpaired) electrons. The van der Waals surface area contributed by atoms with Crippen LogP contribution in [0.4, 0.5) is 11.4 Å². The van der Waals surface area contributed by atoms with Gasteiger partial charge in [0, 0.05) is 82.2 Å². The summed E-state index contributed by atoms with van der Waals surface area (Å²) in [7, 11) is 3.71. The van der Waals surface area contributed by atoms with E-state index in [2.05, 4.69) is 25.4 Å². The number of fused-ring (bicyclic) bond motifs is 4. The first-order valence-corrected chi connectivity index (χ1v) is 20.4. The number of aromatic nitrogens is 4. The minimum atomic E-state index is -0.906. The smallest absolute Gasteiger partial charge is 0.310 e. The lowest BCUT2D eigenvalue weighted by Crippen LogP contribution is -2.41. The Bertz CT molecular complexity index is 2220. The number of amides is 2. The summed E-state index contributed by atoms with van der Waals surface area (Å²) in [5.41, 5.74) is 5.40. The lowest BCUT2D eigenvalue weighted by molar-refractivity contribution is -0.148. The normalized spacial score (nSPS) is 20.9. The third kappa shape index (κ3) is 7.25. The van der Waals surface area contributed by atoms with Gasteiger partial charge < -0.3 is 24.9 Å². The van der Waals surface area contributed by atoms with Gasteiger partial charge in [0.25, 0.3) is 11.8 Å². The molecule has 3 N–H and O–H groups in total. The van der Waals surface area contributed by atoms with Crippen LogP contribution in [0.25, 0.3) is 11.1 Å². The van der Waals surface area contributed by atoms with E-state index in [1.165, 1.54) is 38.5 Å². The molecular weight excluding hydrogens is 751 g/mol. The first kappa shape index (κ1) is 38.6. The highest BCUT2D eigenvalue weighted by Crippen LogP contribution is 2.56. The van der Waals surface area contributed by atoms with Crippen molar-refractivity contribution < 1.29 is 19.5 Å². The molecule has 2 aliphatic carbocycles. The molecule has 0 atom stereocenters. The number of hydrogen-bond acceptors (Lipinski definition) is 7. The summed E-state index contributed by atoms with van der Waals surface area (Å²) in [5.74, 6) is -0.0832. The zero-order valence-electron chi connectivity index (χ0n) is 32.6. The average molecular weight is 802 g/mol. The number of hydrogen-bond donors (Lipinski definition) is 3. The molecule has 2 aromatic heterocycles. The van der Waals surface area contributed by atoms with E-state index in [0.717, 1.165) is 54.7 Å². The van der Waals surface area contributed by atoms with Crippen molar-refractivity contribution in [2.75, 3.05) is 36.8 Å². The van der Waals surface area contributed by atoms with E-state index in [4.69, 9.17) is 28.2 Å². The predicted molar refractivity (Wildman–Crippen MR) is 217 cm³/mol. The van der Waals surface area contributed by atoms with Crippen LogP contribution in [0.3, 0.4) is 0 Å². The summed E-state index contributed by atoms with van der Waals surface area (Å²) in [6, 6.07) is 10.7. The number of rotatable bonds is 11. The number of imidazole rings is 2. The highest BCUT2D eigenvalue weighted by atomic mass is 35.5. The van der Waals surface area contributed by atoms with E-state index >= 15 is 0 Å². The lowest BCUT2D eigenvalue weighted by Gasteiger charge is -2.32. The molecule has 0 unspecified atom stereocenters. The molecular formula is C42H50Cl2N8O4. The third-order valence-electron chi connectivity index (χ3n) is 12.9. The number of benzene rings is 2. The van der Waals surface area contributed by atoms with Gasteiger partial charge in [0.2, 0.25) is 0 Å². The maximum Gasteiger partial charge on any atom is 0.310 e. The van der Waals surface area contributed by atoms with Crippen LogP contribution in [-0.4, -0.2) is 78.0 Å². The van der Waals surface area contributed by atoms with Crippen LogP contribution < -0.4 is 10.6 Å². The van der Waals surface area contributed by atoms with Gasteiger partial charge in [-0.15, -0.1) is 0 Å². The van der Waals surface area contributed by atoms with Gasteiger partial charge in [-0.1, -0.05) is 47.5 Å². The van der Waals surface area contributed by atoms with Gasteiger partial charge in [0.1, 0.15) is 0 Å². The van der Waals surface area contributed by atoms with Crippen molar-refractivity contribution >= 4 is 52.4 Å². The van der Waals surface area contributed by atoms with E-state index < -0.39 is 17.3 Å².